The van der Waals surface area contributed by atoms with Crippen LogP contribution in [0.1, 0.15) is 46.0 Å². The van der Waals surface area contributed by atoms with Gasteiger partial charge in [-0.1, -0.05) is 49.5 Å². The molecule has 0 spiro atoms. The third kappa shape index (κ3) is 7.72. The zero-order valence-electron chi connectivity index (χ0n) is 20.3. The second kappa shape index (κ2) is 13.1. The van der Waals surface area contributed by atoms with Crippen LogP contribution in [0.25, 0.3) is 0 Å². The molecule has 36 heavy (non-hydrogen) atoms. The number of thioether (sulfide) groups is 1. The average molecular weight is 552 g/mol. The highest BCUT2D eigenvalue weighted by molar-refractivity contribution is 8.16. The van der Waals surface area contributed by atoms with E-state index in [4.69, 9.17) is 16.3 Å². The molecular formula is C25H30ClN3O5S2. The van der Waals surface area contributed by atoms with Crippen molar-refractivity contribution in [3.05, 3.63) is 53.6 Å². The Morgan fingerprint density at radius 2 is 1.78 bits per heavy atom. The summed E-state index contributed by atoms with van der Waals surface area (Å²) < 4.78 is 35.0. The highest BCUT2D eigenvalue weighted by Crippen LogP contribution is 2.31. The monoisotopic (exact) mass is 551 g/mol. The van der Waals surface area contributed by atoms with Crippen LogP contribution in [0.5, 0.6) is 5.75 Å². The smallest absolute Gasteiger partial charge is 0.284 e. The Morgan fingerprint density at radius 1 is 1.08 bits per heavy atom. The summed E-state index contributed by atoms with van der Waals surface area (Å²) in [6, 6.07) is 12.7. The largest absolute Gasteiger partial charge is 0.494 e. The Bertz CT molecular complexity index is 1190. The summed E-state index contributed by atoms with van der Waals surface area (Å²) in [6.07, 6.45) is 4.39. The first-order valence-corrected chi connectivity index (χ1v) is 14.5. The van der Waals surface area contributed by atoms with Crippen LogP contribution in [-0.2, 0) is 19.6 Å². The van der Waals surface area contributed by atoms with Gasteiger partial charge in [-0.15, -0.1) is 4.40 Å². The van der Waals surface area contributed by atoms with Crippen molar-refractivity contribution in [3.63, 3.8) is 0 Å². The minimum Gasteiger partial charge on any atom is -0.494 e. The summed E-state index contributed by atoms with van der Waals surface area (Å²) in [5, 5.41) is 2.46. The summed E-state index contributed by atoms with van der Waals surface area (Å²) >= 11 is 6.81. The zero-order chi connectivity index (χ0) is 26.1. The fraction of sp³-hybridized carbons (Fsp3) is 0.400. The molecule has 8 nitrogen and oxygen atoms in total. The molecule has 0 radical (unpaired) electrons. The molecule has 3 rings (SSSR count). The van der Waals surface area contributed by atoms with Gasteiger partial charge in [0.05, 0.1) is 11.5 Å². The van der Waals surface area contributed by atoms with Crippen LogP contribution in [0.3, 0.4) is 0 Å². The second-order valence-electron chi connectivity index (χ2n) is 8.18. The molecule has 0 saturated carbocycles. The number of ether oxygens (including phenoxy) is 1. The van der Waals surface area contributed by atoms with E-state index in [0.717, 1.165) is 30.4 Å². The van der Waals surface area contributed by atoms with Crippen LogP contribution in [0.2, 0.25) is 5.02 Å². The predicted octanol–water partition coefficient (Wildman–Crippen LogP) is 5.34. The highest BCUT2D eigenvalue weighted by atomic mass is 35.5. The van der Waals surface area contributed by atoms with Crippen molar-refractivity contribution in [2.24, 2.45) is 4.40 Å². The van der Waals surface area contributed by atoms with E-state index in [1.807, 2.05) is 0 Å². The Morgan fingerprint density at radius 3 is 2.42 bits per heavy atom. The lowest BCUT2D eigenvalue weighted by Gasteiger charge is -2.13. The number of amides is 2. The Labute approximate surface area is 221 Å². The maximum Gasteiger partial charge on any atom is 0.284 e. The van der Waals surface area contributed by atoms with E-state index in [1.54, 1.807) is 31.2 Å². The fourth-order valence-electron chi connectivity index (χ4n) is 3.50. The zero-order valence-corrected chi connectivity index (χ0v) is 22.7. The van der Waals surface area contributed by atoms with Crippen molar-refractivity contribution in [1.29, 1.82) is 0 Å². The van der Waals surface area contributed by atoms with Gasteiger partial charge in [-0.3, -0.25) is 14.5 Å². The number of rotatable bonds is 12. The van der Waals surface area contributed by atoms with Gasteiger partial charge in [-0.05, 0) is 61.9 Å². The quantitative estimate of drug-likeness (QED) is 0.357. The molecule has 1 heterocycles. The molecule has 1 unspecified atom stereocenters. The van der Waals surface area contributed by atoms with E-state index in [9.17, 15) is 18.0 Å². The number of halogens is 1. The van der Waals surface area contributed by atoms with Crippen molar-refractivity contribution in [3.8, 4) is 5.75 Å². The number of nitrogens with zero attached hydrogens (tertiary/aromatic N) is 2. The van der Waals surface area contributed by atoms with Gasteiger partial charge in [0.15, 0.2) is 5.17 Å². The SMILES string of the molecule is CCCCCCOc1ccc(NC(=O)CC2S/C(=N/S(=O)(=O)c3ccc(Cl)cc3)N(CC)C2=O)cc1. The van der Waals surface area contributed by atoms with Crippen molar-refractivity contribution in [2.75, 3.05) is 18.5 Å². The van der Waals surface area contributed by atoms with Gasteiger partial charge >= 0.3 is 0 Å². The molecule has 0 aromatic heterocycles. The van der Waals surface area contributed by atoms with Gasteiger partial charge in [-0.25, -0.2) is 0 Å². The molecule has 0 aliphatic carbocycles. The first kappa shape index (κ1) is 28.0. The number of amidine groups is 1. The number of unbranched alkanes of at least 4 members (excludes halogenated alkanes) is 3. The molecule has 11 heteroatoms. The number of carbonyl (C=O) groups excluding carboxylic acids is 2. The van der Waals surface area contributed by atoms with Crippen LogP contribution < -0.4 is 10.1 Å². The van der Waals surface area contributed by atoms with Crippen LogP contribution in [-0.4, -0.2) is 48.7 Å². The predicted molar refractivity (Wildman–Crippen MR) is 144 cm³/mol. The highest BCUT2D eigenvalue weighted by Gasteiger charge is 2.39. The maximum absolute atomic E-state index is 12.8. The molecule has 2 aromatic rings. The molecule has 1 fully saturated rings. The molecule has 2 amide bonds. The lowest BCUT2D eigenvalue weighted by Crippen LogP contribution is -2.33. The van der Waals surface area contributed by atoms with E-state index in [0.29, 0.717) is 17.3 Å². The summed E-state index contributed by atoms with van der Waals surface area (Å²) in [4.78, 5) is 26.7. The van der Waals surface area contributed by atoms with Crippen molar-refractivity contribution >= 4 is 56.1 Å². The number of anilines is 1. The minimum absolute atomic E-state index is 0.0296. The van der Waals surface area contributed by atoms with Crippen molar-refractivity contribution in [1.82, 2.24) is 4.90 Å². The summed E-state index contributed by atoms with van der Waals surface area (Å²) in [5.74, 6) is 0.0221. The number of hydrogen-bond acceptors (Lipinski definition) is 6. The Balaban J connectivity index is 1.59. The normalized spacial score (nSPS) is 17.0. The van der Waals surface area contributed by atoms with E-state index in [2.05, 4.69) is 16.6 Å². The summed E-state index contributed by atoms with van der Waals surface area (Å²) in [5.41, 5.74) is 0.584. The molecule has 1 aliphatic rings. The van der Waals surface area contributed by atoms with Crippen LogP contribution >= 0.6 is 23.4 Å². The van der Waals surface area contributed by atoms with E-state index in [-0.39, 0.29) is 34.8 Å². The van der Waals surface area contributed by atoms with Gasteiger partial charge in [0.2, 0.25) is 11.8 Å². The molecule has 194 valence electrons. The molecule has 1 N–H and O–H groups in total. The standard InChI is InChI=1S/C25H30ClN3O5S2/c1-3-5-6-7-16-34-20-12-10-19(11-13-20)27-23(30)17-22-24(31)29(4-2)25(35-22)28-36(32,33)21-14-8-18(26)9-15-21/h8-15,22H,3-7,16-17H2,1-2H3,(H,27,30)/b28-25+. The molecule has 1 saturated heterocycles. The first-order chi connectivity index (χ1) is 17.2. The van der Waals surface area contributed by atoms with Crippen LogP contribution in [0.15, 0.2) is 57.8 Å². The second-order valence-corrected chi connectivity index (χ2v) is 11.4. The first-order valence-electron chi connectivity index (χ1n) is 11.8. The molecule has 2 aromatic carbocycles. The van der Waals surface area contributed by atoms with Gasteiger partial charge in [0.25, 0.3) is 10.0 Å². The van der Waals surface area contributed by atoms with Crippen molar-refractivity contribution in [2.45, 2.75) is 56.1 Å². The fourth-order valence-corrected chi connectivity index (χ4v) is 6.04. The summed E-state index contributed by atoms with van der Waals surface area (Å²) in [7, 11) is -4.04. The van der Waals surface area contributed by atoms with E-state index >= 15 is 0 Å². The van der Waals surface area contributed by atoms with Crippen LogP contribution in [0.4, 0.5) is 5.69 Å². The van der Waals surface area contributed by atoms with Gasteiger partial charge in [0, 0.05) is 23.7 Å². The average Bonchev–Trinajstić information content (AvgIpc) is 3.13. The third-order valence-electron chi connectivity index (χ3n) is 5.42. The van der Waals surface area contributed by atoms with Crippen LogP contribution in [0, 0.1) is 0 Å². The number of carbonyl (C=O) groups is 2. The number of benzene rings is 2. The Kier molecular flexibility index (Phi) is 10.2. The number of nitrogens with one attached hydrogen (secondary N) is 1. The lowest BCUT2D eigenvalue weighted by atomic mass is 10.2. The van der Waals surface area contributed by atoms with E-state index < -0.39 is 15.3 Å². The molecule has 1 atom stereocenters. The topological polar surface area (TPSA) is 105 Å². The molecule has 1 aliphatic heterocycles. The number of sulfonamides is 1. The summed E-state index contributed by atoms with van der Waals surface area (Å²) in [6.45, 7) is 4.77. The van der Waals surface area contributed by atoms with Gasteiger partial charge in [0.1, 0.15) is 11.0 Å². The third-order valence-corrected chi connectivity index (χ3v) is 8.25. The molecule has 0 bridgehead atoms. The Hall–Kier alpha value is -2.56. The maximum atomic E-state index is 12.8. The minimum atomic E-state index is -4.04. The number of hydrogen-bond donors (Lipinski definition) is 1. The molecular weight excluding hydrogens is 522 g/mol. The lowest BCUT2D eigenvalue weighted by molar-refractivity contribution is -0.128. The van der Waals surface area contributed by atoms with Crippen molar-refractivity contribution < 1.29 is 22.7 Å². The van der Waals surface area contributed by atoms with Gasteiger partial charge in [-0.2, -0.15) is 8.42 Å². The van der Waals surface area contributed by atoms with E-state index in [1.165, 1.54) is 42.0 Å². The van der Waals surface area contributed by atoms with Gasteiger partial charge < -0.3 is 10.1 Å².